The van der Waals surface area contributed by atoms with Crippen LogP contribution in [0.1, 0.15) is 22.3 Å². The van der Waals surface area contributed by atoms with Crippen molar-refractivity contribution in [2.75, 3.05) is 0 Å². The SMILES string of the molecule is C=C1/C=C\C=C/Cc2c(ccc3c2c2ccccc2n3-c2cccc(-c3cc(-c4ccccc4)cc(-c4ccccc4)n3)c2)C1(c1ccccc1)c1ccccc1. The third-order valence-corrected chi connectivity index (χ3v) is 11.5. The molecule has 9 aromatic rings. The lowest BCUT2D eigenvalue weighted by molar-refractivity contribution is 0.739. The van der Waals surface area contributed by atoms with Crippen LogP contribution in [0.15, 0.2) is 231 Å². The number of allylic oxidation sites excluding steroid dienone is 5. The van der Waals surface area contributed by atoms with Gasteiger partial charge in [0.2, 0.25) is 0 Å². The van der Waals surface area contributed by atoms with Gasteiger partial charge in [-0.3, -0.25) is 0 Å². The fourth-order valence-corrected chi connectivity index (χ4v) is 8.97. The van der Waals surface area contributed by atoms with E-state index in [9.17, 15) is 0 Å². The van der Waals surface area contributed by atoms with Crippen molar-refractivity contribution in [1.29, 1.82) is 0 Å². The Bertz CT molecular complexity index is 2870. The highest BCUT2D eigenvalue weighted by Crippen LogP contribution is 2.49. The first-order valence-corrected chi connectivity index (χ1v) is 19.6. The summed E-state index contributed by atoms with van der Waals surface area (Å²) in [5.41, 5.74) is 15.2. The van der Waals surface area contributed by atoms with Crippen LogP contribution < -0.4 is 0 Å². The van der Waals surface area contributed by atoms with Crippen molar-refractivity contribution in [3.8, 4) is 39.3 Å². The highest BCUT2D eigenvalue weighted by Gasteiger charge is 2.40. The van der Waals surface area contributed by atoms with E-state index in [1.807, 2.05) is 0 Å². The molecule has 57 heavy (non-hydrogen) atoms. The molecular formula is C55H40N2. The maximum absolute atomic E-state index is 5.28. The molecule has 0 spiro atoms. The van der Waals surface area contributed by atoms with Gasteiger partial charge in [0.25, 0.3) is 0 Å². The van der Waals surface area contributed by atoms with Crippen LogP contribution in [0.2, 0.25) is 0 Å². The Kier molecular flexibility index (Phi) is 8.65. The number of nitrogens with zero attached hydrogens (tertiary/aromatic N) is 2. The van der Waals surface area contributed by atoms with Crippen LogP contribution in [0.3, 0.4) is 0 Å². The molecule has 0 fully saturated rings. The minimum absolute atomic E-state index is 0.608. The van der Waals surface area contributed by atoms with Crippen LogP contribution in [0.5, 0.6) is 0 Å². The predicted octanol–water partition coefficient (Wildman–Crippen LogP) is 13.7. The average Bonchev–Trinajstić information content (AvgIpc) is 3.65. The van der Waals surface area contributed by atoms with Gasteiger partial charge in [-0.2, -0.15) is 0 Å². The molecule has 2 aromatic heterocycles. The highest BCUT2D eigenvalue weighted by molar-refractivity contribution is 6.11. The Morgan fingerprint density at radius 3 is 1.79 bits per heavy atom. The lowest BCUT2D eigenvalue weighted by atomic mass is 9.63. The molecule has 1 aliphatic carbocycles. The molecule has 0 unspecified atom stereocenters. The quantitative estimate of drug-likeness (QED) is 0.167. The molecule has 0 saturated carbocycles. The summed E-state index contributed by atoms with van der Waals surface area (Å²) in [6.45, 7) is 4.82. The summed E-state index contributed by atoms with van der Waals surface area (Å²) in [6.07, 6.45) is 9.57. The predicted molar refractivity (Wildman–Crippen MR) is 239 cm³/mol. The maximum Gasteiger partial charge on any atom is 0.0716 e. The Morgan fingerprint density at radius 1 is 0.491 bits per heavy atom. The van der Waals surface area contributed by atoms with Crippen molar-refractivity contribution in [1.82, 2.24) is 9.55 Å². The average molecular weight is 729 g/mol. The topological polar surface area (TPSA) is 17.8 Å². The van der Waals surface area contributed by atoms with Gasteiger partial charge in [0.15, 0.2) is 0 Å². The number of pyridine rings is 1. The molecule has 1 aliphatic rings. The second kappa shape index (κ2) is 14.4. The molecule has 0 bridgehead atoms. The number of aromatic nitrogens is 2. The molecule has 10 rings (SSSR count). The second-order valence-corrected chi connectivity index (χ2v) is 14.7. The van der Waals surface area contributed by atoms with Crippen LogP contribution in [0, 0.1) is 0 Å². The molecule has 0 saturated heterocycles. The van der Waals surface area contributed by atoms with Gasteiger partial charge in [-0.05, 0) is 81.8 Å². The number of benzene rings is 7. The number of fused-ring (bicyclic) bond motifs is 5. The number of hydrogen-bond donors (Lipinski definition) is 0. The largest absolute Gasteiger partial charge is 0.309 e. The molecule has 0 atom stereocenters. The Hall–Kier alpha value is -7.29. The van der Waals surface area contributed by atoms with Crippen LogP contribution in [0.25, 0.3) is 61.1 Å². The fourth-order valence-electron chi connectivity index (χ4n) is 8.97. The maximum atomic E-state index is 5.28. The molecule has 2 heteroatoms. The first kappa shape index (κ1) is 34.2. The van der Waals surface area contributed by atoms with Crippen LogP contribution >= 0.6 is 0 Å². The summed E-state index contributed by atoms with van der Waals surface area (Å²) in [7, 11) is 0. The van der Waals surface area contributed by atoms with E-state index in [-0.39, 0.29) is 0 Å². The minimum Gasteiger partial charge on any atom is -0.309 e. The van der Waals surface area contributed by atoms with Gasteiger partial charge in [0.1, 0.15) is 0 Å². The van der Waals surface area contributed by atoms with Gasteiger partial charge in [0, 0.05) is 27.6 Å². The van der Waals surface area contributed by atoms with Gasteiger partial charge >= 0.3 is 0 Å². The molecule has 7 aromatic carbocycles. The monoisotopic (exact) mass is 728 g/mol. The molecule has 270 valence electrons. The van der Waals surface area contributed by atoms with E-state index in [1.165, 1.54) is 44.1 Å². The zero-order valence-corrected chi connectivity index (χ0v) is 31.6. The van der Waals surface area contributed by atoms with Crippen LogP contribution in [-0.2, 0) is 11.8 Å². The Morgan fingerprint density at radius 2 is 1.09 bits per heavy atom. The third kappa shape index (κ3) is 5.86. The zero-order chi connectivity index (χ0) is 38.2. The summed E-state index contributed by atoms with van der Waals surface area (Å²) in [5, 5.41) is 2.49. The lowest BCUT2D eigenvalue weighted by Crippen LogP contribution is -2.32. The lowest BCUT2D eigenvalue weighted by Gasteiger charge is -2.38. The van der Waals surface area contributed by atoms with E-state index in [4.69, 9.17) is 11.6 Å². The molecule has 0 radical (unpaired) electrons. The van der Waals surface area contributed by atoms with Gasteiger partial charge in [0.05, 0.1) is 27.8 Å². The Labute approximate surface area is 334 Å². The number of hydrogen-bond acceptors (Lipinski definition) is 1. The van der Waals surface area contributed by atoms with Gasteiger partial charge in [-0.1, -0.05) is 189 Å². The number of para-hydroxylation sites is 1. The van der Waals surface area contributed by atoms with Gasteiger partial charge < -0.3 is 4.57 Å². The van der Waals surface area contributed by atoms with Crippen molar-refractivity contribution in [2.45, 2.75) is 11.8 Å². The minimum atomic E-state index is -0.608. The van der Waals surface area contributed by atoms with Crippen molar-refractivity contribution in [3.63, 3.8) is 0 Å². The van der Waals surface area contributed by atoms with E-state index in [1.54, 1.807) is 0 Å². The van der Waals surface area contributed by atoms with E-state index in [2.05, 4.69) is 223 Å². The molecule has 2 heterocycles. The van der Waals surface area contributed by atoms with E-state index in [0.29, 0.717) is 0 Å². The standard InChI is InChI=1S/C55H40N2/c1-39-20-7-2-16-31-47-49(55(39,44-26-12-5-13-27-44)45-28-14-6-15-29-45)34-35-53-54(47)48-32-17-18-33-52(48)57(53)46-30-19-25-42(36-46)51-38-43(40-21-8-3-9-22-40)37-50(56-51)41-23-10-4-11-24-41/h2-30,32-38H,1,31H2/b16-2-,20-7-. The molecule has 0 amide bonds. The third-order valence-electron chi connectivity index (χ3n) is 11.5. The van der Waals surface area contributed by atoms with E-state index in [0.717, 1.165) is 51.3 Å². The summed E-state index contributed by atoms with van der Waals surface area (Å²) in [6, 6.07) is 69.7. The highest BCUT2D eigenvalue weighted by atomic mass is 15.0. The fraction of sp³-hybridized carbons (Fsp3) is 0.0364. The van der Waals surface area contributed by atoms with Gasteiger partial charge in [-0.15, -0.1) is 0 Å². The van der Waals surface area contributed by atoms with Gasteiger partial charge in [-0.25, -0.2) is 4.98 Å². The summed E-state index contributed by atoms with van der Waals surface area (Å²) >= 11 is 0. The normalized spacial score (nSPS) is 14.7. The molecule has 0 N–H and O–H groups in total. The number of rotatable bonds is 6. The smallest absolute Gasteiger partial charge is 0.0716 e. The van der Waals surface area contributed by atoms with Crippen LogP contribution in [0.4, 0.5) is 0 Å². The van der Waals surface area contributed by atoms with Crippen molar-refractivity contribution >= 4 is 21.8 Å². The zero-order valence-electron chi connectivity index (χ0n) is 31.6. The Balaban J connectivity index is 1.22. The van der Waals surface area contributed by atoms with E-state index >= 15 is 0 Å². The first-order chi connectivity index (χ1) is 28.2. The molecular weight excluding hydrogens is 689 g/mol. The van der Waals surface area contributed by atoms with Crippen molar-refractivity contribution in [2.24, 2.45) is 0 Å². The van der Waals surface area contributed by atoms with E-state index < -0.39 is 5.41 Å². The van der Waals surface area contributed by atoms with Crippen molar-refractivity contribution in [3.05, 3.63) is 253 Å². The summed E-state index contributed by atoms with van der Waals surface area (Å²) in [4.78, 5) is 5.28. The van der Waals surface area contributed by atoms with Crippen LogP contribution in [-0.4, -0.2) is 9.55 Å². The second-order valence-electron chi connectivity index (χ2n) is 14.7. The molecule has 2 nitrogen and oxygen atoms in total. The first-order valence-electron chi connectivity index (χ1n) is 19.6. The summed E-state index contributed by atoms with van der Waals surface area (Å²) < 4.78 is 2.43. The summed E-state index contributed by atoms with van der Waals surface area (Å²) in [5.74, 6) is 0. The van der Waals surface area contributed by atoms with Crippen molar-refractivity contribution < 1.29 is 0 Å². The molecule has 0 aliphatic heterocycles.